The lowest BCUT2D eigenvalue weighted by molar-refractivity contribution is 0.448. The Bertz CT molecular complexity index is 438. The molecule has 0 amide bonds. The molecule has 1 aromatic carbocycles. The Morgan fingerprint density at radius 2 is 2.07 bits per heavy atom. The first kappa shape index (κ1) is 10.4. The molecule has 2 rings (SSSR count). The highest BCUT2D eigenvalue weighted by molar-refractivity contribution is 7.98. The van der Waals surface area contributed by atoms with Crippen LogP contribution < -0.4 is 0 Å². The zero-order valence-corrected chi connectivity index (χ0v) is 9.52. The third-order valence-electron chi connectivity index (χ3n) is 1.89. The summed E-state index contributed by atoms with van der Waals surface area (Å²) in [6, 6.07) is 8.62. The van der Waals surface area contributed by atoms with Crippen LogP contribution in [0.25, 0.3) is 0 Å². The van der Waals surface area contributed by atoms with Gasteiger partial charge in [0.1, 0.15) is 11.5 Å². The largest absolute Gasteiger partial charge is 0.508 e. The highest BCUT2D eigenvalue weighted by Gasteiger charge is 2.03. The molecule has 4 heteroatoms. The molecular formula is C11H10O2S2. The molecule has 2 nitrogen and oxygen atoms in total. The Morgan fingerprint density at radius 1 is 1.20 bits per heavy atom. The van der Waals surface area contributed by atoms with E-state index < -0.39 is 0 Å². The molecule has 0 saturated carbocycles. The van der Waals surface area contributed by atoms with Gasteiger partial charge in [-0.3, -0.25) is 0 Å². The fourth-order valence-corrected chi connectivity index (χ4v) is 2.91. The van der Waals surface area contributed by atoms with Crippen molar-refractivity contribution in [2.45, 2.75) is 10.6 Å². The maximum Gasteiger partial charge on any atom is 0.129 e. The van der Waals surface area contributed by atoms with Gasteiger partial charge in [-0.25, -0.2) is 0 Å². The van der Waals surface area contributed by atoms with Gasteiger partial charge in [0.05, 0.1) is 4.90 Å². The van der Waals surface area contributed by atoms with Gasteiger partial charge in [0.15, 0.2) is 0 Å². The molecule has 0 atom stereocenters. The number of hydrogen-bond donors (Lipinski definition) is 2. The molecular weight excluding hydrogens is 228 g/mol. The molecule has 0 unspecified atom stereocenters. The quantitative estimate of drug-likeness (QED) is 0.635. The number of thioether (sulfide) groups is 1. The summed E-state index contributed by atoms with van der Waals surface area (Å²) in [4.78, 5) is 1.96. The van der Waals surface area contributed by atoms with E-state index in [0.29, 0.717) is 4.90 Å². The summed E-state index contributed by atoms with van der Waals surface area (Å²) in [6.45, 7) is 0. The molecule has 15 heavy (non-hydrogen) atoms. The van der Waals surface area contributed by atoms with Gasteiger partial charge < -0.3 is 10.2 Å². The summed E-state index contributed by atoms with van der Waals surface area (Å²) in [5.74, 6) is 1.21. The minimum absolute atomic E-state index is 0.182. The van der Waals surface area contributed by atoms with E-state index in [0.717, 1.165) is 5.75 Å². The molecule has 0 fully saturated rings. The maximum atomic E-state index is 9.54. The summed E-state index contributed by atoms with van der Waals surface area (Å²) in [5, 5.41) is 20.8. The normalized spacial score (nSPS) is 10.4. The van der Waals surface area contributed by atoms with Crippen molar-refractivity contribution in [3.63, 3.8) is 0 Å². The molecule has 0 aliphatic heterocycles. The van der Waals surface area contributed by atoms with E-state index in [1.54, 1.807) is 17.4 Å². The topological polar surface area (TPSA) is 40.5 Å². The van der Waals surface area contributed by atoms with Gasteiger partial charge in [0.25, 0.3) is 0 Å². The summed E-state index contributed by atoms with van der Waals surface area (Å²) < 4.78 is 0. The van der Waals surface area contributed by atoms with E-state index in [-0.39, 0.29) is 11.5 Å². The van der Waals surface area contributed by atoms with Crippen LogP contribution in [0.3, 0.4) is 0 Å². The van der Waals surface area contributed by atoms with Crippen LogP contribution in [0, 0.1) is 0 Å². The average Bonchev–Trinajstić information content (AvgIpc) is 2.72. The molecule has 0 bridgehead atoms. The number of phenols is 2. The van der Waals surface area contributed by atoms with Crippen LogP contribution in [0.5, 0.6) is 11.5 Å². The van der Waals surface area contributed by atoms with Gasteiger partial charge >= 0.3 is 0 Å². The fourth-order valence-electron chi connectivity index (χ4n) is 1.16. The average molecular weight is 238 g/mol. The van der Waals surface area contributed by atoms with E-state index in [1.807, 2.05) is 11.4 Å². The lowest BCUT2D eigenvalue weighted by Crippen LogP contribution is -1.76. The van der Waals surface area contributed by atoms with E-state index in [4.69, 9.17) is 0 Å². The second kappa shape index (κ2) is 4.59. The summed E-state index contributed by atoms with van der Waals surface area (Å²) in [7, 11) is 0. The molecule has 0 aliphatic rings. The second-order valence-electron chi connectivity index (χ2n) is 3.02. The van der Waals surface area contributed by atoms with Crippen molar-refractivity contribution < 1.29 is 10.2 Å². The van der Waals surface area contributed by atoms with Gasteiger partial charge in [-0.05, 0) is 29.6 Å². The smallest absolute Gasteiger partial charge is 0.129 e. The lowest BCUT2D eigenvalue weighted by Gasteiger charge is -2.03. The van der Waals surface area contributed by atoms with Crippen LogP contribution in [0.15, 0.2) is 40.6 Å². The van der Waals surface area contributed by atoms with Crippen LogP contribution in [0.2, 0.25) is 0 Å². The zero-order chi connectivity index (χ0) is 10.7. The summed E-state index contributed by atoms with van der Waals surface area (Å²) in [5.41, 5.74) is 0. The van der Waals surface area contributed by atoms with Crippen molar-refractivity contribution in [3.05, 3.63) is 40.6 Å². The van der Waals surface area contributed by atoms with Crippen LogP contribution in [-0.4, -0.2) is 10.2 Å². The van der Waals surface area contributed by atoms with Crippen molar-refractivity contribution in [1.29, 1.82) is 0 Å². The van der Waals surface area contributed by atoms with Crippen molar-refractivity contribution in [2.24, 2.45) is 0 Å². The maximum absolute atomic E-state index is 9.54. The lowest BCUT2D eigenvalue weighted by atomic mass is 10.3. The van der Waals surface area contributed by atoms with Crippen molar-refractivity contribution >= 4 is 23.1 Å². The van der Waals surface area contributed by atoms with Gasteiger partial charge in [-0.2, -0.15) is 0 Å². The Kier molecular flexibility index (Phi) is 3.18. The highest BCUT2D eigenvalue weighted by Crippen LogP contribution is 2.34. The number of hydrogen-bond acceptors (Lipinski definition) is 4. The van der Waals surface area contributed by atoms with Crippen LogP contribution in [-0.2, 0) is 5.75 Å². The molecule has 2 aromatic rings. The highest BCUT2D eigenvalue weighted by atomic mass is 32.2. The predicted octanol–water partition coefficient (Wildman–Crippen LogP) is 3.45. The first-order chi connectivity index (χ1) is 7.25. The minimum Gasteiger partial charge on any atom is -0.508 e. The first-order valence-electron chi connectivity index (χ1n) is 4.43. The van der Waals surface area contributed by atoms with E-state index in [2.05, 4.69) is 6.07 Å². The molecule has 0 spiro atoms. The number of aromatic hydroxyl groups is 2. The molecule has 0 aliphatic carbocycles. The SMILES string of the molecule is Oc1ccc(O)c(SCc2cccs2)c1. The standard InChI is InChI=1S/C11H10O2S2/c12-8-3-4-10(13)11(6-8)15-7-9-2-1-5-14-9/h1-6,12-13H,7H2. The Balaban J connectivity index is 2.07. The number of phenolic OH excluding ortho intramolecular Hbond substituents is 2. The minimum atomic E-state index is 0.182. The van der Waals surface area contributed by atoms with E-state index in [1.165, 1.54) is 28.8 Å². The Hall–Kier alpha value is -1.13. The van der Waals surface area contributed by atoms with Crippen molar-refractivity contribution in [3.8, 4) is 11.5 Å². The second-order valence-corrected chi connectivity index (χ2v) is 5.07. The molecule has 1 heterocycles. The molecule has 78 valence electrons. The molecule has 0 saturated heterocycles. The molecule has 2 N–H and O–H groups in total. The van der Waals surface area contributed by atoms with Gasteiger partial charge in [-0.1, -0.05) is 6.07 Å². The van der Waals surface area contributed by atoms with E-state index >= 15 is 0 Å². The number of thiophene rings is 1. The molecule has 1 aromatic heterocycles. The fraction of sp³-hybridized carbons (Fsp3) is 0.0909. The van der Waals surface area contributed by atoms with Crippen molar-refractivity contribution in [2.75, 3.05) is 0 Å². The number of rotatable bonds is 3. The van der Waals surface area contributed by atoms with Gasteiger partial charge in [0, 0.05) is 10.6 Å². The Morgan fingerprint density at radius 3 is 2.80 bits per heavy atom. The predicted molar refractivity (Wildman–Crippen MR) is 63.7 cm³/mol. The summed E-state index contributed by atoms with van der Waals surface area (Å²) >= 11 is 3.21. The monoisotopic (exact) mass is 238 g/mol. The van der Waals surface area contributed by atoms with Gasteiger partial charge in [0.2, 0.25) is 0 Å². The van der Waals surface area contributed by atoms with Crippen LogP contribution >= 0.6 is 23.1 Å². The third kappa shape index (κ3) is 2.67. The van der Waals surface area contributed by atoms with Crippen LogP contribution in [0.4, 0.5) is 0 Å². The van der Waals surface area contributed by atoms with Gasteiger partial charge in [-0.15, -0.1) is 23.1 Å². The summed E-state index contributed by atoms with van der Waals surface area (Å²) in [6.07, 6.45) is 0. The Labute approximate surface area is 96.2 Å². The molecule has 0 radical (unpaired) electrons. The van der Waals surface area contributed by atoms with Crippen LogP contribution in [0.1, 0.15) is 4.88 Å². The number of benzene rings is 1. The zero-order valence-electron chi connectivity index (χ0n) is 7.88. The first-order valence-corrected chi connectivity index (χ1v) is 6.29. The third-order valence-corrected chi connectivity index (χ3v) is 4.05. The van der Waals surface area contributed by atoms with E-state index in [9.17, 15) is 10.2 Å². The van der Waals surface area contributed by atoms with Crippen molar-refractivity contribution in [1.82, 2.24) is 0 Å².